The minimum Gasteiger partial charge on any atom is -0.477 e. The minimum absolute atomic E-state index is 0.0544. The number of hydrogen-bond acceptors (Lipinski definition) is 6. The van der Waals surface area contributed by atoms with Crippen LogP contribution in [-0.4, -0.2) is 80.6 Å². The van der Waals surface area contributed by atoms with Crippen molar-refractivity contribution in [3.63, 3.8) is 0 Å². The van der Waals surface area contributed by atoms with Crippen molar-refractivity contribution < 1.29 is 38.2 Å². The van der Waals surface area contributed by atoms with Gasteiger partial charge in [-0.3, -0.25) is 9.59 Å². The number of ether oxygens (including phenoxy) is 3. The summed E-state index contributed by atoms with van der Waals surface area (Å²) in [7, 11) is 5.51. The summed E-state index contributed by atoms with van der Waals surface area (Å²) in [5.74, 6) is -1.49. The molecule has 0 bridgehead atoms. The zero-order chi connectivity index (χ0) is 37.1. The van der Waals surface area contributed by atoms with Gasteiger partial charge in [-0.25, -0.2) is 4.79 Å². The minimum atomic E-state index is -0.878. The van der Waals surface area contributed by atoms with Crippen LogP contribution < -0.4 is 0 Å². The topological polar surface area (TPSA) is 99.1 Å². The first-order valence-electron chi connectivity index (χ1n) is 20.4. The Morgan fingerprint density at radius 2 is 1.04 bits per heavy atom. The summed E-state index contributed by atoms with van der Waals surface area (Å²) in [5, 5.41) is 9.58. The molecule has 0 aliphatic heterocycles. The van der Waals surface area contributed by atoms with Crippen LogP contribution in [0.2, 0.25) is 0 Å². The molecule has 0 aromatic heterocycles. The third-order valence-electron chi connectivity index (χ3n) is 9.13. The van der Waals surface area contributed by atoms with Crippen molar-refractivity contribution in [1.29, 1.82) is 0 Å². The molecule has 8 heteroatoms. The number of likely N-dealkylation sites (N-methyl/N-ethyl adjacent to an activating group) is 1. The normalized spacial score (nSPS) is 13.2. The Hall–Kier alpha value is -2.19. The van der Waals surface area contributed by atoms with E-state index in [1.807, 2.05) is 21.1 Å². The van der Waals surface area contributed by atoms with Crippen LogP contribution in [0, 0.1) is 0 Å². The lowest BCUT2D eigenvalue weighted by molar-refractivity contribution is -0.887. The molecule has 0 aliphatic rings. The molecule has 0 aromatic carbocycles. The quantitative estimate of drug-likeness (QED) is 0.0299. The van der Waals surface area contributed by atoms with Crippen molar-refractivity contribution in [2.24, 2.45) is 0 Å². The van der Waals surface area contributed by atoms with Gasteiger partial charge in [-0.2, -0.15) is 0 Å². The number of carbonyl (C=O) groups excluding carboxylic acids is 2. The van der Waals surface area contributed by atoms with Crippen molar-refractivity contribution in [3.05, 3.63) is 24.3 Å². The Labute approximate surface area is 307 Å². The van der Waals surface area contributed by atoms with Gasteiger partial charge in [0.1, 0.15) is 6.61 Å². The van der Waals surface area contributed by atoms with Crippen molar-refractivity contribution >= 4 is 17.9 Å². The summed E-state index contributed by atoms with van der Waals surface area (Å²) in [6.07, 6.45) is 35.1. The molecule has 0 fully saturated rings. The molecule has 2 atom stereocenters. The summed E-state index contributed by atoms with van der Waals surface area (Å²) in [6.45, 7) is 4.68. The van der Waals surface area contributed by atoms with Crippen LogP contribution in [0.25, 0.3) is 0 Å². The Morgan fingerprint density at radius 3 is 1.50 bits per heavy atom. The zero-order valence-corrected chi connectivity index (χ0v) is 33.1. The van der Waals surface area contributed by atoms with Crippen molar-refractivity contribution in [2.45, 2.75) is 187 Å². The van der Waals surface area contributed by atoms with Crippen LogP contribution in [0.1, 0.15) is 174 Å². The van der Waals surface area contributed by atoms with Gasteiger partial charge in [-0.15, -0.1) is 0 Å². The van der Waals surface area contributed by atoms with E-state index in [0.29, 0.717) is 19.3 Å². The Bertz CT molecular complexity index is 880. The fraction of sp³-hybridized carbons (Fsp3) is 0.833. The molecule has 292 valence electrons. The summed E-state index contributed by atoms with van der Waals surface area (Å²) in [4.78, 5) is 36.7. The fourth-order valence-corrected chi connectivity index (χ4v) is 5.90. The second kappa shape index (κ2) is 33.9. The molecule has 0 heterocycles. The van der Waals surface area contributed by atoms with Gasteiger partial charge >= 0.3 is 17.9 Å². The van der Waals surface area contributed by atoms with Gasteiger partial charge in [-0.1, -0.05) is 141 Å². The first-order valence-corrected chi connectivity index (χ1v) is 20.4. The summed E-state index contributed by atoms with van der Waals surface area (Å²) < 4.78 is 17.2. The van der Waals surface area contributed by atoms with Crippen LogP contribution in [0.3, 0.4) is 0 Å². The average molecular weight is 709 g/mol. The number of quaternary nitrogens is 1. The molecule has 0 saturated carbocycles. The van der Waals surface area contributed by atoms with E-state index in [-0.39, 0.29) is 36.2 Å². The van der Waals surface area contributed by atoms with Crippen molar-refractivity contribution in [2.75, 3.05) is 41.0 Å². The molecular weight excluding hydrogens is 630 g/mol. The van der Waals surface area contributed by atoms with E-state index in [9.17, 15) is 19.5 Å². The van der Waals surface area contributed by atoms with E-state index in [2.05, 4.69) is 38.2 Å². The lowest BCUT2D eigenvalue weighted by Crippen LogP contribution is -2.50. The first-order chi connectivity index (χ1) is 24.1. The highest BCUT2D eigenvalue weighted by Crippen LogP contribution is 2.13. The number of carboxylic acids is 1. The number of aliphatic carboxylic acids is 1. The Balaban J connectivity index is 4.35. The number of carbonyl (C=O) groups is 3. The average Bonchev–Trinajstić information content (AvgIpc) is 3.06. The number of unbranched alkanes of at least 4 members (excludes halogenated alkanes) is 19. The monoisotopic (exact) mass is 709 g/mol. The summed E-state index contributed by atoms with van der Waals surface area (Å²) in [5.41, 5.74) is 0. The highest BCUT2D eigenvalue weighted by Gasteiger charge is 2.31. The van der Waals surface area contributed by atoms with E-state index in [0.717, 1.165) is 57.8 Å². The molecule has 0 aliphatic carbocycles. The van der Waals surface area contributed by atoms with E-state index in [4.69, 9.17) is 14.2 Å². The number of allylic oxidation sites excluding steroid dienone is 4. The van der Waals surface area contributed by atoms with Gasteiger partial charge in [-0.05, 0) is 38.5 Å². The second-order valence-corrected chi connectivity index (χ2v) is 14.9. The second-order valence-electron chi connectivity index (χ2n) is 14.9. The predicted molar refractivity (Wildman–Crippen MR) is 206 cm³/mol. The van der Waals surface area contributed by atoms with Gasteiger partial charge in [0.2, 0.25) is 0 Å². The van der Waals surface area contributed by atoms with E-state index >= 15 is 0 Å². The van der Waals surface area contributed by atoms with E-state index < -0.39 is 18.1 Å². The molecule has 50 heavy (non-hydrogen) atoms. The highest BCUT2D eigenvalue weighted by molar-refractivity contribution is 5.72. The smallest absolute Gasteiger partial charge is 0.362 e. The van der Waals surface area contributed by atoms with Crippen molar-refractivity contribution in [3.8, 4) is 0 Å². The van der Waals surface area contributed by atoms with Gasteiger partial charge < -0.3 is 23.8 Å². The van der Waals surface area contributed by atoms with Crippen LogP contribution in [0.5, 0.6) is 0 Å². The fourth-order valence-electron chi connectivity index (χ4n) is 5.90. The molecule has 0 aromatic rings. The maximum Gasteiger partial charge on any atom is 0.362 e. The molecular formula is C42H78NO7+. The summed E-state index contributed by atoms with van der Waals surface area (Å²) >= 11 is 0. The molecule has 0 amide bonds. The number of carboxylic acid groups (broad SMARTS) is 1. The van der Waals surface area contributed by atoms with Crippen LogP contribution in [-0.2, 0) is 28.6 Å². The highest BCUT2D eigenvalue weighted by atomic mass is 16.6. The molecule has 0 spiro atoms. The lowest BCUT2D eigenvalue weighted by atomic mass is 10.1. The van der Waals surface area contributed by atoms with Crippen molar-refractivity contribution in [1.82, 2.24) is 0 Å². The van der Waals surface area contributed by atoms with Gasteiger partial charge in [0.05, 0.1) is 34.4 Å². The molecule has 0 radical (unpaired) electrons. The predicted octanol–water partition coefficient (Wildman–Crippen LogP) is 10.5. The lowest BCUT2D eigenvalue weighted by Gasteiger charge is -2.31. The van der Waals surface area contributed by atoms with E-state index in [1.165, 1.54) is 83.5 Å². The molecule has 0 saturated heterocycles. The first kappa shape index (κ1) is 47.8. The van der Waals surface area contributed by atoms with Gasteiger partial charge in [0, 0.05) is 19.3 Å². The van der Waals surface area contributed by atoms with Crippen LogP contribution in [0.15, 0.2) is 24.3 Å². The Kier molecular flexibility index (Phi) is 32.4. The van der Waals surface area contributed by atoms with Crippen LogP contribution >= 0.6 is 0 Å². The van der Waals surface area contributed by atoms with Gasteiger partial charge in [0.15, 0.2) is 12.1 Å². The third-order valence-corrected chi connectivity index (χ3v) is 9.13. The SMILES string of the molecule is CCCCCCCCC/C=C/C=C/CCCCCCCC(=O)OC(COCCC(C(=O)O)[N+](C)(C)C)COC(=O)CCCCCCCCCC. The molecule has 1 N–H and O–H groups in total. The Morgan fingerprint density at radius 1 is 0.600 bits per heavy atom. The molecule has 2 unspecified atom stereocenters. The molecule has 8 nitrogen and oxygen atoms in total. The maximum absolute atomic E-state index is 12.7. The number of esters is 2. The summed E-state index contributed by atoms with van der Waals surface area (Å²) in [6, 6.07) is -0.613. The number of nitrogens with zero attached hydrogens (tertiary/aromatic N) is 1. The number of hydrogen-bond donors (Lipinski definition) is 1. The zero-order valence-electron chi connectivity index (χ0n) is 33.1. The van der Waals surface area contributed by atoms with E-state index in [1.54, 1.807) is 0 Å². The largest absolute Gasteiger partial charge is 0.477 e. The van der Waals surface area contributed by atoms with Gasteiger partial charge in [0.25, 0.3) is 0 Å². The maximum atomic E-state index is 12.7. The molecule has 0 rings (SSSR count). The standard InChI is InChI=1S/C42H77NO7/c1-6-8-10-12-14-16-17-18-19-20-21-22-23-24-25-27-29-31-33-41(45)50-38(36-48-35-34-39(42(46)47)43(3,4)5)37-49-40(44)32-30-28-26-15-13-11-9-7-2/h19-22,38-39H,6-18,23-37H2,1-5H3/p+1/b20-19+,22-21+. The van der Waals surface area contributed by atoms with Crippen LogP contribution in [0.4, 0.5) is 0 Å². The number of rotatable bonds is 36. The third kappa shape index (κ3) is 31.8.